The topological polar surface area (TPSA) is 74.6 Å². The second-order valence-electron chi connectivity index (χ2n) is 3.61. The molecule has 1 rings (SSSR count). The number of rotatable bonds is 2. The number of carboxylic acid groups (broad SMARTS) is 2. The highest BCUT2D eigenvalue weighted by Crippen LogP contribution is 2.62. The van der Waals surface area contributed by atoms with Gasteiger partial charge in [0.2, 0.25) is 9.75 Å². The van der Waals surface area contributed by atoms with Crippen molar-refractivity contribution in [2.24, 2.45) is 0 Å². The Hall–Kier alpha value is 0.160. The van der Waals surface area contributed by atoms with Crippen LogP contribution in [0.4, 0.5) is 0 Å². The van der Waals surface area contributed by atoms with Crippen LogP contribution in [0.5, 0.6) is 0 Å². The van der Waals surface area contributed by atoms with Crippen molar-refractivity contribution < 1.29 is 19.8 Å². The Morgan fingerprint density at radius 2 is 1.42 bits per heavy atom. The van der Waals surface area contributed by atoms with Gasteiger partial charge < -0.3 is 10.2 Å². The zero-order chi connectivity index (χ0) is 15.4. The number of carboxylic acids is 2. The molecule has 0 aromatic carbocycles. The fourth-order valence-corrected chi connectivity index (χ4v) is 3.67. The molecular formula is C9H4Cl6O4. The third-order valence-corrected chi connectivity index (χ3v) is 6.40. The van der Waals surface area contributed by atoms with E-state index in [0.29, 0.717) is 0 Å². The first kappa shape index (κ1) is 17.2. The summed E-state index contributed by atoms with van der Waals surface area (Å²) in [7, 11) is 0. The van der Waals surface area contributed by atoms with Crippen molar-refractivity contribution in [3.05, 3.63) is 22.2 Å². The van der Waals surface area contributed by atoms with E-state index in [9.17, 15) is 19.8 Å². The molecule has 0 amide bonds. The molecule has 0 fully saturated rings. The molecule has 0 heterocycles. The molecule has 4 nitrogen and oxygen atoms in total. The molecule has 0 aliphatic heterocycles. The van der Waals surface area contributed by atoms with E-state index in [2.05, 4.69) is 6.58 Å². The van der Waals surface area contributed by atoms with E-state index in [1.807, 2.05) is 0 Å². The van der Waals surface area contributed by atoms with E-state index in [0.717, 1.165) is 0 Å². The number of alkyl halides is 4. The highest BCUT2D eigenvalue weighted by Gasteiger charge is 2.75. The van der Waals surface area contributed by atoms with Crippen LogP contribution in [0.25, 0.3) is 0 Å². The molecule has 106 valence electrons. The van der Waals surface area contributed by atoms with E-state index < -0.39 is 36.1 Å². The normalized spacial score (nSPS) is 34.3. The summed E-state index contributed by atoms with van der Waals surface area (Å²) in [6.45, 7) is 3.36. The third kappa shape index (κ3) is 1.88. The first-order valence-corrected chi connectivity index (χ1v) is 6.61. The Morgan fingerprint density at radius 3 is 1.74 bits per heavy atom. The van der Waals surface area contributed by atoms with Crippen LogP contribution < -0.4 is 0 Å². The minimum absolute atomic E-state index is 0.363. The van der Waals surface area contributed by atoms with Gasteiger partial charge in [-0.2, -0.15) is 0 Å². The number of aliphatic carboxylic acids is 2. The number of carbonyl (C=O) groups is 2. The van der Waals surface area contributed by atoms with Crippen molar-refractivity contribution in [1.29, 1.82) is 0 Å². The summed E-state index contributed by atoms with van der Waals surface area (Å²) in [6, 6.07) is 0. The average molecular weight is 389 g/mol. The molecule has 0 saturated carbocycles. The maximum absolute atomic E-state index is 11.4. The number of allylic oxidation sites excluding steroid dienone is 2. The maximum atomic E-state index is 11.4. The summed E-state index contributed by atoms with van der Waals surface area (Å²) in [6.07, 6.45) is 0. The van der Waals surface area contributed by atoms with Crippen LogP contribution in [-0.2, 0) is 9.59 Å². The lowest BCUT2D eigenvalue weighted by Crippen LogP contribution is -2.68. The zero-order valence-electron chi connectivity index (χ0n) is 8.69. The van der Waals surface area contributed by atoms with E-state index >= 15 is 0 Å². The maximum Gasteiger partial charge on any atom is 0.333 e. The van der Waals surface area contributed by atoms with Crippen LogP contribution in [0, 0.1) is 0 Å². The fraction of sp³-hybridized carbons (Fsp3) is 0.333. The second kappa shape index (κ2) is 4.86. The molecule has 2 N–H and O–H groups in total. The van der Waals surface area contributed by atoms with Gasteiger partial charge in [0, 0.05) is 5.57 Å². The van der Waals surface area contributed by atoms with Gasteiger partial charge >= 0.3 is 11.9 Å². The average Bonchev–Trinajstić information content (AvgIpc) is 2.31. The molecule has 0 radical (unpaired) electrons. The first-order chi connectivity index (χ1) is 8.36. The lowest BCUT2D eigenvalue weighted by Gasteiger charge is -2.47. The van der Waals surface area contributed by atoms with Crippen molar-refractivity contribution in [3.63, 3.8) is 0 Å². The standard InChI is InChI=1S/C9H4Cl6O4/c1-2-3(10)4(11)7(12,5(16)17)8(13,6(18)19)9(2,14)15/h1H2,(H,16,17)(H,18,19). The molecule has 1 aliphatic carbocycles. The van der Waals surface area contributed by atoms with Crippen LogP contribution in [0.2, 0.25) is 0 Å². The molecule has 1 aliphatic rings. The van der Waals surface area contributed by atoms with Gasteiger partial charge in [-0.25, -0.2) is 4.79 Å². The van der Waals surface area contributed by atoms with E-state index in [-0.39, 0.29) is 5.57 Å². The van der Waals surface area contributed by atoms with Gasteiger partial charge in [-0.1, -0.05) is 76.2 Å². The highest BCUT2D eigenvalue weighted by atomic mass is 35.5. The van der Waals surface area contributed by atoms with Gasteiger partial charge in [0.25, 0.3) is 0 Å². The Bertz CT molecular complexity index is 527. The van der Waals surface area contributed by atoms with Gasteiger partial charge in [0.05, 0.1) is 10.1 Å². The quantitative estimate of drug-likeness (QED) is 0.709. The molecule has 2 unspecified atom stereocenters. The SMILES string of the molecule is C=C1C(Cl)=C(Cl)C(Cl)(C(=O)O)C(Cl)(C(=O)O)C1(Cl)Cl. The Morgan fingerprint density at radius 1 is 1.00 bits per heavy atom. The molecule has 0 saturated heterocycles. The van der Waals surface area contributed by atoms with Crippen LogP contribution in [-0.4, -0.2) is 36.2 Å². The third-order valence-electron chi connectivity index (χ3n) is 2.64. The minimum Gasteiger partial charge on any atom is -0.480 e. The zero-order valence-corrected chi connectivity index (χ0v) is 13.2. The number of hydrogen-bond acceptors (Lipinski definition) is 2. The van der Waals surface area contributed by atoms with Gasteiger partial charge in [0.1, 0.15) is 0 Å². The Kier molecular flexibility index (Phi) is 4.41. The van der Waals surface area contributed by atoms with E-state index in [1.165, 1.54) is 0 Å². The second-order valence-corrected chi connectivity index (χ2v) is 6.83. The summed E-state index contributed by atoms with van der Waals surface area (Å²) in [5.74, 6) is -3.76. The predicted molar refractivity (Wildman–Crippen MR) is 74.7 cm³/mol. The smallest absolute Gasteiger partial charge is 0.333 e. The summed E-state index contributed by atoms with van der Waals surface area (Å²) in [5.41, 5.74) is -0.363. The molecule has 2 atom stereocenters. The Balaban J connectivity index is 3.90. The summed E-state index contributed by atoms with van der Waals surface area (Å²) >= 11 is 34.8. The van der Waals surface area contributed by atoms with Crippen LogP contribution in [0.3, 0.4) is 0 Å². The van der Waals surface area contributed by atoms with Gasteiger partial charge in [-0.3, -0.25) is 4.79 Å². The van der Waals surface area contributed by atoms with Crippen LogP contribution in [0.1, 0.15) is 0 Å². The molecule has 19 heavy (non-hydrogen) atoms. The molecule has 0 aromatic rings. The van der Waals surface area contributed by atoms with Crippen molar-refractivity contribution in [2.75, 3.05) is 0 Å². The van der Waals surface area contributed by atoms with Gasteiger partial charge in [0.15, 0.2) is 4.33 Å². The largest absolute Gasteiger partial charge is 0.480 e. The van der Waals surface area contributed by atoms with Gasteiger partial charge in [-0.05, 0) is 0 Å². The van der Waals surface area contributed by atoms with Crippen molar-refractivity contribution >= 4 is 81.5 Å². The van der Waals surface area contributed by atoms with Gasteiger partial charge in [-0.15, -0.1) is 0 Å². The molecule has 0 spiro atoms. The molecule has 10 heteroatoms. The lowest BCUT2D eigenvalue weighted by molar-refractivity contribution is -0.149. The molecular weight excluding hydrogens is 385 g/mol. The van der Waals surface area contributed by atoms with E-state index in [4.69, 9.17) is 69.6 Å². The summed E-state index contributed by atoms with van der Waals surface area (Å²) in [4.78, 5) is 17.0. The van der Waals surface area contributed by atoms with Crippen molar-refractivity contribution in [3.8, 4) is 0 Å². The van der Waals surface area contributed by atoms with Crippen molar-refractivity contribution in [2.45, 2.75) is 14.1 Å². The molecule has 0 aromatic heterocycles. The monoisotopic (exact) mass is 386 g/mol. The highest BCUT2D eigenvalue weighted by molar-refractivity contribution is 6.66. The Labute approximate surface area is 137 Å². The lowest BCUT2D eigenvalue weighted by atomic mass is 9.79. The molecule has 0 bridgehead atoms. The number of hydrogen-bond donors (Lipinski definition) is 2. The van der Waals surface area contributed by atoms with E-state index in [1.54, 1.807) is 0 Å². The first-order valence-electron chi connectivity index (χ1n) is 4.34. The number of halogens is 6. The minimum atomic E-state index is -2.91. The summed E-state index contributed by atoms with van der Waals surface area (Å²) < 4.78 is -2.49. The fourth-order valence-electron chi connectivity index (χ4n) is 1.52. The van der Waals surface area contributed by atoms with Crippen LogP contribution >= 0.6 is 69.6 Å². The predicted octanol–water partition coefficient (Wildman–Crippen LogP) is 3.54. The summed E-state index contributed by atoms with van der Waals surface area (Å²) in [5, 5.41) is 17.2. The van der Waals surface area contributed by atoms with Crippen molar-refractivity contribution in [1.82, 2.24) is 0 Å². The van der Waals surface area contributed by atoms with Crippen LogP contribution in [0.15, 0.2) is 22.2 Å².